The first-order chi connectivity index (χ1) is 20.6. The highest BCUT2D eigenvalue weighted by Gasteiger charge is 2.48. The molecule has 1 saturated heterocycles. The van der Waals surface area contributed by atoms with Crippen LogP contribution in [0.3, 0.4) is 0 Å². The highest BCUT2D eigenvalue weighted by molar-refractivity contribution is 7.91. The largest absolute Gasteiger partial charge is 0.465 e. The fourth-order valence-electron chi connectivity index (χ4n) is 7.00. The zero-order valence-electron chi connectivity index (χ0n) is 25.0. The van der Waals surface area contributed by atoms with Gasteiger partial charge in [-0.05, 0) is 62.1 Å². The van der Waals surface area contributed by atoms with Crippen molar-refractivity contribution in [2.24, 2.45) is 10.9 Å². The highest BCUT2D eigenvalue weighted by atomic mass is 32.2. The van der Waals surface area contributed by atoms with Crippen molar-refractivity contribution in [1.82, 2.24) is 9.88 Å². The summed E-state index contributed by atoms with van der Waals surface area (Å²) in [5.41, 5.74) is 7.49. The Morgan fingerprint density at radius 2 is 1.84 bits per heavy atom. The highest BCUT2D eigenvalue weighted by Crippen LogP contribution is 2.48. The molecule has 0 aliphatic carbocycles. The number of carbonyl (C=O) groups is 2. The fraction of sp³-hybridized carbons (Fsp3) is 0.424. The quantitative estimate of drug-likeness (QED) is 0.413. The van der Waals surface area contributed by atoms with E-state index in [0.717, 1.165) is 38.7 Å². The maximum Gasteiger partial charge on any atom is 0.337 e. The monoisotopic (exact) mass is 603 g/mol. The molecule has 1 aromatic heterocycles. The van der Waals surface area contributed by atoms with Crippen molar-refractivity contribution in [2.45, 2.75) is 46.1 Å². The minimum atomic E-state index is -3.09. The lowest BCUT2D eigenvalue weighted by Crippen LogP contribution is -2.48. The minimum absolute atomic E-state index is 0.0603. The molecule has 1 N–H and O–H groups in total. The molecule has 3 unspecified atom stereocenters. The molecule has 1 fully saturated rings. The Balaban J connectivity index is 1.50. The van der Waals surface area contributed by atoms with E-state index in [-0.39, 0.29) is 18.1 Å². The van der Waals surface area contributed by atoms with Gasteiger partial charge in [0.25, 0.3) is 0 Å². The zero-order chi connectivity index (χ0) is 30.5. The van der Waals surface area contributed by atoms with Gasteiger partial charge in [-0.25, -0.2) is 13.2 Å². The summed E-state index contributed by atoms with van der Waals surface area (Å²) >= 11 is 0. The summed E-state index contributed by atoms with van der Waals surface area (Å²) in [5.74, 6) is -2.37. The summed E-state index contributed by atoms with van der Waals surface area (Å²) < 4.78 is 36.1. The Morgan fingerprint density at radius 1 is 1.12 bits per heavy atom. The molecule has 3 aliphatic heterocycles. The summed E-state index contributed by atoms with van der Waals surface area (Å²) in [6.45, 7) is 9.04. The maximum atomic E-state index is 14.1. The third-order valence-electron chi connectivity index (χ3n) is 8.83. The van der Waals surface area contributed by atoms with E-state index in [1.807, 2.05) is 56.1 Å². The number of aromatic nitrogens is 1. The second-order valence-corrected chi connectivity index (χ2v) is 14.1. The number of H-pyrrole nitrogens is 1. The van der Waals surface area contributed by atoms with Gasteiger partial charge in [0.1, 0.15) is 12.0 Å². The number of ether oxygens (including phenoxy) is 2. The normalized spacial score (nSPS) is 24.0. The van der Waals surface area contributed by atoms with Crippen LogP contribution >= 0.6 is 0 Å². The number of cyclic esters (lactones) is 1. The number of nitrogens with zero attached hydrogens (tertiary/aromatic N) is 2. The molecule has 3 aromatic rings. The van der Waals surface area contributed by atoms with Gasteiger partial charge < -0.3 is 14.5 Å². The van der Waals surface area contributed by atoms with Gasteiger partial charge in [-0.15, -0.1) is 0 Å². The fourth-order valence-corrected chi connectivity index (χ4v) is 8.28. The van der Waals surface area contributed by atoms with Gasteiger partial charge in [0.2, 0.25) is 0 Å². The predicted octanol–water partition coefficient (Wildman–Crippen LogP) is 4.48. The van der Waals surface area contributed by atoms with Crippen molar-refractivity contribution in [3.8, 4) is 0 Å². The summed E-state index contributed by atoms with van der Waals surface area (Å²) in [6.07, 6.45) is 1.70. The number of esters is 2. The number of aromatic amines is 1. The SMILES string of the molecule is CCOC(=O)C1C(CN2CCS(=O)(=O)CC2)=NC2=C(C(=O)OC(c3c(C)cc(C)cc3C)C2)C1c1cccc2[nH]ccc12. The number of aliphatic imine (C=N–C) groups is 1. The molecular weight excluding hydrogens is 566 g/mol. The van der Waals surface area contributed by atoms with Crippen LogP contribution < -0.4 is 0 Å². The number of hydrogen-bond donors (Lipinski definition) is 1. The molecule has 0 bridgehead atoms. The molecule has 3 aliphatic rings. The van der Waals surface area contributed by atoms with Crippen molar-refractivity contribution in [1.29, 1.82) is 0 Å². The topological polar surface area (TPSA) is 118 Å². The Kier molecular flexibility index (Phi) is 7.76. The second kappa shape index (κ2) is 11.4. The molecule has 4 heterocycles. The van der Waals surface area contributed by atoms with Crippen LogP contribution in [0, 0.1) is 26.7 Å². The molecular formula is C33H37N3O6S. The van der Waals surface area contributed by atoms with Crippen LogP contribution in [0.1, 0.15) is 53.2 Å². The number of fused-ring (bicyclic) bond motifs is 1. The number of nitrogens with one attached hydrogen (secondary N) is 1. The van der Waals surface area contributed by atoms with Crippen LogP contribution in [-0.4, -0.2) is 73.7 Å². The third-order valence-corrected chi connectivity index (χ3v) is 10.4. The average molecular weight is 604 g/mol. The summed E-state index contributed by atoms with van der Waals surface area (Å²) in [7, 11) is -3.09. The lowest BCUT2D eigenvalue weighted by Gasteiger charge is -2.39. The Hall–Kier alpha value is -3.76. The lowest BCUT2D eigenvalue weighted by atomic mass is 9.72. The Bertz CT molecular complexity index is 1750. The van der Waals surface area contributed by atoms with Gasteiger partial charge in [0.05, 0.1) is 29.4 Å². The molecule has 3 atom stereocenters. The van der Waals surface area contributed by atoms with E-state index in [4.69, 9.17) is 14.5 Å². The first kappa shape index (κ1) is 29.3. The van der Waals surface area contributed by atoms with Crippen LogP contribution in [0.2, 0.25) is 0 Å². The number of carbonyl (C=O) groups excluding carboxylic acids is 2. The van der Waals surface area contributed by atoms with Gasteiger partial charge in [-0.2, -0.15) is 0 Å². The molecule has 10 heteroatoms. The lowest BCUT2D eigenvalue weighted by molar-refractivity contribution is -0.148. The number of aryl methyl sites for hydroxylation is 3. The van der Waals surface area contributed by atoms with Gasteiger partial charge >= 0.3 is 11.9 Å². The van der Waals surface area contributed by atoms with Crippen molar-refractivity contribution in [3.63, 3.8) is 0 Å². The van der Waals surface area contributed by atoms with Gasteiger partial charge in [0.15, 0.2) is 9.84 Å². The molecule has 43 heavy (non-hydrogen) atoms. The van der Waals surface area contributed by atoms with Gasteiger partial charge in [0, 0.05) is 54.8 Å². The van der Waals surface area contributed by atoms with Crippen molar-refractivity contribution in [3.05, 3.63) is 81.7 Å². The van der Waals surface area contributed by atoms with E-state index in [2.05, 4.69) is 17.1 Å². The first-order valence-corrected chi connectivity index (χ1v) is 16.6. The molecule has 0 radical (unpaired) electrons. The predicted molar refractivity (Wildman–Crippen MR) is 165 cm³/mol. The number of benzene rings is 2. The Morgan fingerprint density at radius 3 is 2.53 bits per heavy atom. The van der Waals surface area contributed by atoms with E-state index in [0.29, 0.717) is 43.0 Å². The van der Waals surface area contributed by atoms with E-state index >= 15 is 0 Å². The molecule has 6 rings (SSSR count). The maximum absolute atomic E-state index is 14.1. The average Bonchev–Trinajstić information content (AvgIpc) is 3.42. The summed E-state index contributed by atoms with van der Waals surface area (Å²) in [5, 5.41) is 0.902. The second-order valence-electron chi connectivity index (χ2n) is 11.8. The number of rotatable bonds is 6. The van der Waals surface area contributed by atoms with Crippen molar-refractivity contribution >= 4 is 38.4 Å². The van der Waals surface area contributed by atoms with Crippen molar-refractivity contribution < 1.29 is 27.5 Å². The van der Waals surface area contributed by atoms with Crippen LogP contribution in [-0.2, 0) is 28.9 Å². The standard InChI is InChI=1S/C33H37N3O6S/c1-5-41-32(37)31-26(18-36-11-13-43(39,40)14-12-36)35-25-17-27(28-20(3)15-19(2)16-21(28)4)42-33(38)30(25)29(31)23-7-6-8-24-22(23)9-10-34-24/h6-10,15-16,27,29,31,34H,5,11-14,17-18H2,1-4H3. The van der Waals surface area contributed by atoms with Gasteiger partial charge in [-0.1, -0.05) is 29.8 Å². The summed E-state index contributed by atoms with van der Waals surface area (Å²) in [4.78, 5) is 38.2. The summed E-state index contributed by atoms with van der Waals surface area (Å²) in [6, 6.07) is 11.9. The van der Waals surface area contributed by atoms with E-state index in [9.17, 15) is 18.0 Å². The number of sulfone groups is 1. The molecule has 9 nitrogen and oxygen atoms in total. The first-order valence-electron chi connectivity index (χ1n) is 14.8. The van der Waals surface area contributed by atoms with E-state index < -0.39 is 39.7 Å². The van der Waals surface area contributed by atoms with Crippen LogP contribution in [0.25, 0.3) is 10.9 Å². The third kappa shape index (κ3) is 5.54. The molecule has 0 amide bonds. The van der Waals surface area contributed by atoms with Gasteiger partial charge in [-0.3, -0.25) is 14.7 Å². The van der Waals surface area contributed by atoms with E-state index in [1.54, 1.807) is 6.92 Å². The minimum Gasteiger partial charge on any atom is -0.465 e. The molecule has 0 saturated carbocycles. The molecule has 2 aromatic carbocycles. The van der Waals surface area contributed by atoms with Crippen LogP contribution in [0.5, 0.6) is 0 Å². The molecule has 226 valence electrons. The van der Waals surface area contributed by atoms with E-state index in [1.165, 1.54) is 0 Å². The Labute approximate surface area is 251 Å². The zero-order valence-corrected chi connectivity index (χ0v) is 25.8. The van der Waals surface area contributed by atoms with Crippen LogP contribution in [0.4, 0.5) is 0 Å². The number of hydrogen-bond acceptors (Lipinski definition) is 8. The van der Waals surface area contributed by atoms with Crippen LogP contribution in [0.15, 0.2) is 58.9 Å². The molecule has 0 spiro atoms. The smallest absolute Gasteiger partial charge is 0.337 e. The van der Waals surface area contributed by atoms with Crippen molar-refractivity contribution in [2.75, 3.05) is 37.7 Å².